The van der Waals surface area contributed by atoms with E-state index in [2.05, 4.69) is 15.2 Å². The van der Waals surface area contributed by atoms with Crippen LogP contribution in [0, 0.1) is 0 Å². The standard InChI is InChI=1S/C23H30N4O/c1-26(20-7-3-2-4-8-20)22-12-11-18(17-24-22)23(28)25-19-13-15-27(16-14-19)21-9-5-6-10-21/h2-4,7-8,11-12,17,19,21H,5-6,9-10,13-16H2,1H3,(H,25,28). The molecule has 1 saturated carbocycles. The third-order valence-corrected chi connectivity index (χ3v) is 6.20. The summed E-state index contributed by atoms with van der Waals surface area (Å²) in [4.78, 5) is 21.8. The van der Waals surface area contributed by atoms with Crippen molar-refractivity contribution < 1.29 is 4.79 Å². The van der Waals surface area contributed by atoms with E-state index < -0.39 is 0 Å². The fraction of sp³-hybridized carbons (Fsp3) is 0.478. The average Bonchev–Trinajstić information content (AvgIpc) is 3.29. The first-order valence-electron chi connectivity index (χ1n) is 10.5. The smallest absolute Gasteiger partial charge is 0.253 e. The van der Waals surface area contributed by atoms with Crippen molar-refractivity contribution >= 4 is 17.4 Å². The highest BCUT2D eigenvalue weighted by Crippen LogP contribution is 2.26. The molecule has 1 amide bonds. The van der Waals surface area contributed by atoms with Gasteiger partial charge in [0.05, 0.1) is 5.56 Å². The first-order chi connectivity index (χ1) is 13.7. The molecule has 2 fully saturated rings. The van der Waals surface area contributed by atoms with Gasteiger partial charge in [-0.2, -0.15) is 0 Å². The number of likely N-dealkylation sites (tertiary alicyclic amines) is 1. The molecule has 2 aliphatic rings. The van der Waals surface area contributed by atoms with Crippen LogP contribution in [0.3, 0.4) is 0 Å². The highest BCUT2D eigenvalue weighted by atomic mass is 16.1. The molecule has 0 radical (unpaired) electrons. The Labute approximate surface area is 167 Å². The van der Waals surface area contributed by atoms with E-state index in [1.165, 1.54) is 25.7 Å². The van der Waals surface area contributed by atoms with E-state index in [1.807, 2.05) is 54.4 Å². The number of para-hydroxylation sites is 1. The fourth-order valence-electron chi connectivity index (χ4n) is 4.45. The Balaban J connectivity index is 1.30. The number of nitrogens with zero attached hydrogens (tertiary/aromatic N) is 3. The van der Waals surface area contributed by atoms with Crippen molar-refractivity contribution in [2.45, 2.75) is 50.6 Å². The molecule has 5 heteroatoms. The van der Waals surface area contributed by atoms with Crippen molar-refractivity contribution in [1.29, 1.82) is 0 Å². The summed E-state index contributed by atoms with van der Waals surface area (Å²) < 4.78 is 0. The van der Waals surface area contributed by atoms with Gasteiger partial charge in [-0.3, -0.25) is 4.79 Å². The summed E-state index contributed by atoms with van der Waals surface area (Å²) in [5.74, 6) is 0.813. The number of hydrogen-bond acceptors (Lipinski definition) is 4. The zero-order valence-electron chi connectivity index (χ0n) is 16.7. The lowest BCUT2D eigenvalue weighted by Crippen LogP contribution is -2.47. The summed E-state index contributed by atoms with van der Waals surface area (Å²) in [6, 6.07) is 14.9. The van der Waals surface area contributed by atoms with Gasteiger partial charge >= 0.3 is 0 Å². The summed E-state index contributed by atoms with van der Waals surface area (Å²) >= 11 is 0. The van der Waals surface area contributed by atoms with Crippen molar-refractivity contribution in [3.63, 3.8) is 0 Å². The predicted molar refractivity (Wildman–Crippen MR) is 113 cm³/mol. The van der Waals surface area contributed by atoms with E-state index in [0.29, 0.717) is 5.56 Å². The van der Waals surface area contributed by atoms with Crippen molar-refractivity contribution in [2.24, 2.45) is 0 Å². The molecule has 0 unspecified atom stereocenters. The Morgan fingerprint density at radius 1 is 1.04 bits per heavy atom. The van der Waals surface area contributed by atoms with Gasteiger partial charge in [0.2, 0.25) is 0 Å². The third kappa shape index (κ3) is 4.36. The number of aromatic nitrogens is 1. The highest BCUT2D eigenvalue weighted by Gasteiger charge is 2.27. The molecule has 1 aromatic heterocycles. The Kier molecular flexibility index (Phi) is 5.91. The molecule has 2 heterocycles. The molecule has 1 aliphatic heterocycles. The lowest BCUT2D eigenvalue weighted by atomic mass is 10.0. The Morgan fingerprint density at radius 3 is 2.39 bits per heavy atom. The topological polar surface area (TPSA) is 48.5 Å². The third-order valence-electron chi connectivity index (χ3n) is 6.20. The summed E-state index contributed by atoms with van der Waals surface area (Å²) in [5.41, 5.74) is 1.70. The highest BCUT2D eigenvalue weighted by molar-refractivity contribution is 5.94. The molecule has 2 aromatic rings. The monoisotopic (exact) mass is 378 g/mol. The van der Waals surface area contributed by atoms with Crippen LogP contribution in [0.5, 0.6) is 0 Å². The summed E-state index contributed by atoms with van der Waals surface area (Å²) in [7, 11) is 1.98. The van der Waals surface area contributed by atoms with Crippen LogP contribution in [0.2, 0.25) is 0 Å². The normalized spacial score (nSPS) is 18.9. The van der Waals surface area contributed by atoms with Crippen LogP contribution < -0.4 is 10.2 Å². The van der Waals surface area contributed by atoms with Crippen LogP contribution in [0.4, 0.5) is 11.5 Å². The number of rotatable bonds is 5. The van der Waals surface area contributed by atoms with E-state index in [9.17, 15) is 4.79 Å². The predicted octanol–water partition coefficient (Wildman–Crippen LogP) is 3.99. The molecule has 0 atom stereocenters. The molecular formula is C23H30N4O. The van der Waals surface area contributed by atoms with Gasteiger partial charge < -0.3 is 15.1 Å². The number of benzene rings is 1. The second-order valence-electron chi connectivity index (χ2n) is 8.02. The molecule has 1 aromatic carbocycles. The van der Waals surface area contributed by atoms with Crippen molar-refractivity contribution in [1.82, 2.24) is 15.2 Å². The summed E-state index contributed by atoms with van der Waals surface area (Å²) in [5, 5.41) is 3.21. The van der Waals surface area contributed by atoms with Gasteiger partial charge in [0.1, 0.15) is 5.82 Å². The van der Waals surface area contributed by atoms with Crippen LogP contribution in [-0.4, -0.2) is 48.0 Å². The molecule has 1 N–H and O–H groups in total. The molecule has 0 spiro atoms. The molecule has 1 aliphatic carbocycles. The van der Waals surface area contributed by atoms with Crippen LogP contribution in [0.25, 0.3) is 0 Å². The summed E-state index contributed by atoms with van der Waals surface area (Å²) in [6.07, 6.45) is 9.24. The van der Waals surface area contributed by atoms with Gasteiger partial charge in [-0.1, -0.05) is 31.0 Å². The fourth-order valence-corrected chi connectivity index (χ4v) is 4.45. The Bertz CT molecular complexity index is 763. The lowest BCUT2D eigenvalue weighted by Gasteiger charge is -2.36. The van der Waals surface area contributed by atoms with Gasteiger partial charge in [-0.05, 0) is 49.9 Å². The molecule has 4 rings (SSSR count). The zero-order chi connectivity index (χ0) is 19.3. The van der Waals surface area contributed by atoms with Crippen LogP contribution in [0.1, 0.15) is 48.9 Å². The second kappa shape index (κ2) is 8.74. The lowest BCUT2D eigenvalue weighted by molar-refractivity contribution is 0.0892. The number of pyridine rings is 1. The molecule has 1 saturated heterocycles. The minimum Gasteiger partial charge on any atom is -0.349 e. The number of carbonyl (C=O) groups is 1. The maximum atomic E-state index is 12.6. The largest absolute Gasteiger partial charge is 0.349 e. The molecule has 0 bridgehead atoms. The maximum absolute atomic E-state index is 12.6. The Morgan fingerprint density at radius 2 is 1.75 bits per heavy atom. The maximum Gasteiger partial charge on any atom is 0.253 e. The van der Waals surface area contributed by atoms with Crippen molar-refractivity contribution in [3.05, 3.63) is 54.2 Å². The Hall–Kier alpha value is -2.40. The van der Waals surface area contributed by atoms with Crippen LogP contribution in [0.15, 0.2) is 48.7 Å². The first kappa shape index (κ1) is 18.9. The SMILES string of the molecule is CN(c1ccccc1)c1ccc(C(=O)NC2CCN(C3CCCC3)CC2)cn1. The average molecular weight is 379 g/mol. The number of hydrogen-bond donors (Lipinski definition) is 1. The molecular weight excluding hydrogens is 348 g/mol. The van der Waals surface area contributed by atoms with E-state index >= 15 is 0 Å². The zero-order valence-corrected chi connectivity index (χ0v) is 16.7. The molecule has 5 nitrogen and oxygen atoms in total. The second-order valence-corrected chi connectivity index (χ2v) is 8.02. The van der Waals surface area contributed by atoms with Gasteiger partial charge in [0.15, 0.2) is 0 Å². The van der Waals surface area contributed by atoms with Gasteiger partial charge in [-0.15, -0.1) is 0 Å². The quantitative estimate of drug-likeness (QED) is 0.855. The first-order valence-corrected chi connectivity index (χ1v) is 10.5. The number of amides is 1. The van der Waals surface area contributed by atoms with Crippen molar-refractivity contribution in [3.8, 4) is 0 Å². The van der Waals surface area contributed by atoms with E-state index in [-0.39, 0.29) is 11.9 Å². The van der Waals surface area contributed by atoms with E-state index in [1.54, 1.807) is 6.20 Å². The number of piperidine rings is 1. The van der Waals surface area contributed by atoms with Crippen molar-refractivity contribution in [2.75, 3.05) is 25.0 Å². The molecule has 148 valence electrons. The number of anilines is 2. The molecule has 28 heavy (non-hydrogen) atoms. The minimum absolute atomic E-state index is 0.0132. The number of nitrogens with one attached hydrogen (secondary N) is 1. The minimum atomic E-state index is -0.0132. The van der Waals surface area contributed by atoms with Gasteiger partial charge in [-0.25, -0.2) is 4.98 Å². The van der Waals surface area contributed by atoms with Crippen LogP contribution >= 0.6 is 0 Å². The van der Waals surface area contributed by atoms with Gasteiger partial charge in [0, 0.05) is 44.1 Å². The van der Waals surface area contributed by atoms with E-state index in [4.69, 9.17) is 0 Å². The number of carbonyl (C=O) groups excluding carboxylic acids is 1. The van der Waals surface area contributed by atoms with Gasteiger partial charge in [0.25, 0.3) is 5.91 Å². The summed E-state index contributed by atoms with van der Waals surface area (Å²) in [6.45, 7) is 2.21. The van der Waals surface area contributed by atoms with Crippen LogP contribution in [-0.2, 0) is 0 Å². The van der Waals surface area contributed by atoms with E-state index in [0.717, 1.165) is 43.5 Å².